The fraction of sp³-hybridized carbons (Fsp3) is 0.400. The molecular formula is C20H26N6O2S. The van der Waals surface area contributed by atoms with E-state index in [9.17, 15) is 4.79 Å². The van der Waals surface area contributed by atoms with E-state index >= 15 is 0 Å². The fourth-order valence-corrected chi connectivity index (χ4v) is 3.76. The molecule has 1 aromatic carbocycles. The Morgan fingerprint density at radius 2 is 1.93 bits per heavy atom. The molecule has 3 aromatic rings. The SMILES string of the molecule is CCN(CC)c1ccc(-c2nnc(SC(C)C(=O)Nc3cc(C)on3)n2C)cc1. The highest BCUT2D eigenvalue weighted by molar-refractivity contribution is 8.00. The molecule has 29 heavy (non-hydrogen) atoms. The zero-order valence-electron chi connectivity index (χ0n) is 17.3. The quantitative estimate of drug-likeness (QED) is 0.562. The van der Waals surface area contributed by atoms with Gasteiger partial charge in [0.25, 0.3) is 0 Å². The van der Waals surface area contributed by atoms with E-state index in [-0.39, 0.29) is 11.2 Å². The molecule has 0 fully saturated rings. The molecule has 2 heterocycles. The highest BCUT2D eigenvalue weighted by atomic mass is 32.2. The average Bonchev–Trinajstić information content (AvgIpc) is 3.29. The third-order valence-corrected chi connectivity index (χ3v) is 5.75. The first-order valence-corrected chi connectivity index (χ1v) is 10.5. The van der Waals surface area contributed by atoms with Crippen LogP contribution in [0.4, 0.5) is 11.5 Å². The molecule has 8 nitrogen and oxygen atoms in total. The first kappa shape index (κ1) is 20.9. The lowest BCUT2D eigenvalue weighted by Gasteiger charge is -2.21. The molecule has 1 atom stereocenters. The van der Waals surface area contributed by atoms with Gasteiger partial charge < -0.3 is 19.3 Å². The van der Waals surface area contributed by atoms with Crippen LogP contribution in [-0.2, 0) is 11.8 Å². The van der Waals surface area contributed by atoms with Crippen molar-refractivity contribution in [1.82, 2.24) is 19.9 Å². The minimum Gasteiger partial charge on any atom is -0.372 e. The number of hydrogen-bond acceptors (Lipinski definition) is 7. The molecule has 0 saturated heterocycles. The van der Waals surface area contributed by atoms with Gasteiger partial charge in [0, 0.05) is 37.5 Å². The molecule has 2 aromatic heterocycles. The van der Waals surface area contributed by atoms with Gasteiger partial charge in [0.05, 0.1) is 5.25 Å². The molecule has 0 aliphatic rings. The van der Waals surface area contributed by atoms with Gasteiger partial charge in [0.15, 0.2) is 16.8 Å². The van der Waals surface area contributed by atoms with Crippen LogP contribution in [0.25, 0.3) is 11.4 Å². The highest BCUT2D eigenvalue weighted by Crippen LogP contribution is 2.27. The molecule has 9 heteroatoms. The van der Waals surface area contributed by atoms with E-state index in [0.29, 0.717) is 16.7 Å². The number of nitrogens with zero attached hydrogens (tertiary/aromatic N) is 5. The molecule has 0 spiro atoms. The minimum absolute atomic E-state index is 0.170. The van der Waals surface area contributed by atoms with Gasteiger partial charge in [-0.3, -0.25) is 4.79 Å². The number of anilines is 2. The number of aromatic nitrogens is 4. The van der Waals surface area contributed by atoms with Crippen LogP contribution < -0.4 is 10.2 Å². The summed E-state index contributed by atoms with van der Waals surface area (Å²) in [5, 5.41) is 15.4. The molecule has 3 rings (SSSR count). The number of thioether (sulfide) groups is 1. The minimum atomic E-state index is -0.368. The molecule has 1 unspecified atom stereocenters. The maximum absolute atomic E-state index is 12.4. The summed E-state index contributed by atoms with van der Waals surface area (Å²) in [6, 6.07) is 9.97. The Labute approximate surface area is 174 Å². The predicted octanol–water partition coefficient (Wildman–Crippen LogP) is 3.74. The normalized spacial score (nSPS) is 12.0. The van der Waals surface area contributed by atoms with E-state index in [2.05, 4.69) is 63.7 Å². The van der Waals surface area contributed by atoms with Gasteiger partial charge in [0.1, 0.15) is 5.76 Å². The fourth-order valence-electron chi connectivity index (χ4n) is 2.94. The lowest BCUT2D eigenvalue weighted by Crippen LogP contribution is -2.23. The Bertz CT molecular complexity index is 962. The molecule has 1 N–H and O–H groups in total. The zero-order chi connectivity index (χ0) is 21.0. The standard InChI is InChI=1S/C20H26N6O2S/c1-6-26(7-2)16-10-8-15(9-11-16)18-22-23-20(25(18)5)29-14(4)19(27)21-17-12-13(3)28-24-17/h8-12,14H,6-7H2,1-5H3,(H,21,24,27). The van der Waals surface area contributed by atoms with Gasteiger partial charge >= 0.3 is 0 Å². The Morgan fingerprint density at radius 1 is 1.24 bits per heavy atom. The summed E-state index contributed by atoms with van der Waals surface area (Å²) >= 11 is 1.35. The molecule has 1 amide bonds. The second kappa shape index (κ2) is 9.13. The van der Waals surface area contributed by atoms with Crippen LogP contribution in [0.15, 0.2) is 40.0 Å². The van der Waals surface area contributed by atoms with Gasteiger partial charge in [-0.15, -0.1) is 10.2 Å². The molecule has 154 valence electrons. The number of aryl methyl sites for hydroxylation is 1. The Hall–Kier alpha value is -2.81. The summed E-state index contributed by atoms with van der Waals surface area (Å²) in [4.78, 5) is 14.7. The summed E-state index contributed by atoms with van der Waals surface area (Å²) in [6.45, 7) is 9.81. The van der Waals surface area contributed by atoms with Crippen molar-refractivity contribution in [3.8, 4) is 11.4 Å². The van der Waals surface area contributed by atoms with E-state index in [0.717, 1.165) is 24.5 Å². The lowest BCUT2D eigenvalue weighted by molar-refractivity contribution is -0.115. The number of rotatable bonds is 8. The average molecular weight is 415 g/mol. The third kappa shape index (κ3) is 4.79. The topological polar surface area (TPSA) is 89.1 Å². The van der Waals surface area contributed by atoms with Gasteiger partial charge in [-0.2, -0.15) is 0 Å². The second-order valence-corrected chi connectivity index (χ2v) is 7.96. The summed E-state index contributed by atoms with van der Waals surface area (Å²) in [5.41, 5.74) is 2.17. The number of carbonyl (C=O) groups excluding carboxylic acids is 1. The van der Waals surface area contributed by atoms with E-state index < -0.39 is 0 Å². The van der Waals surface area contributed by atoms with Crippen LogP contribution in [-0.4, -0.2) is 44.2 Å². The van der Waals surface area contributed by atoms with Crippen molar-refractivity contribution in [3.05, 3.63) is 36.1 Å². The third-order valence-electron chi connectivity index (χ3n) is 4.62. The van der Waals surface area contributed by atoms with E-state index in [1.807, 2.05) is 18.5 Å². The van der Waals surface area contributed by atoms with Crippen LogP contribution in [0.1, 0.15) is 26.5 Å². The van der Waals surface area contributed by atoms with Crippen molar-refractivity contribution >= 4 is 29.2 Å². The number of amides is 1. The molecular weight excluding hydrogens is 388 g/mol. The summed E-state index contributed by atoms with van der Waals surface area (Å²) in [7, 11) is 1.90. The van der Waals surface area contributed by atoms with Crippen LogP contribution in [0.3, 0.4) is 0 Å². The van der Waals surface area contributed by atoms with E-state index in [1.54, 1.807) is 13.0 Å². The van der Waals surface area contributed by atoms with E-state index in [4.69, 9.17) is 4.52 Å². The summed E-state index contributed by atoms with van der Waals surface area (Å²) in [6.07, 6.45) is 0. The molecule has 0 aliphatic carbocycles. The largest absolute Gasteiger partial charge is 0.372 e. The number of carbonyl (C=O) groups is 1. The number of benzene rings is 1. The van der Waals surface area contributed by atoms with Gasteiger partial charge in [-0.05, 0) is 52.0 Å². The Morgan fingerprint density at radius 3 is 2.52 bits per heavy atom. The molecule has 0 aliphatic heterocycles. The van der Waals surface area contributed by atoms with Crippen molar-refractivity contribution in [2.75, 3.05) is 23.3 Å². The summed E-state index contributed by atoms with van der Waals surface area (Å²) in [5.74, 6) is 1.65. The monoisotopic (exact) mass is 414 g/mol. The first-order chi connectivity index (χ1) is 13.9. The maximum atomic E-state index is 12.4. The maximum Gasteiger partial charge on any atom is 0.238 e. The summed E-state index contributed by atoms with van der Waals surface area (Å²) < 4.78 is 6.88. The number of hydrogen-bond donors (Lipinski definition) is 1. The van der Waals surface area contributed by atoms with Crippen LogP contribution in [0.2, 0.25) is 0 Å². The van der Waals surface area contributed by atoms with Crippen molar-refractivity contribution in [1.29, 1.82) is 0 Å². The van der Waals surface area contributed by atoms with E-state index in [1.165, 1.54) is 17.4 Å². The van der Waals surface area contributed by atoms with Crippen LogP contribution >= 0.6 is 11.8 Å². The van der Waals surface area contributed by atoms with Gasteiger partial charge in [-0.25, -0.2) is 0 Å². The van der Waals surface area contributed by atoms with Crippen molar-refractivity contribution in [2.45, 2.75) is 38.1 Å². The van der Waals surface area contributed by atoms with Crippen LogP contribution in [0, 0.1) is 6.92 Å². The van der Waals surface area contributed by atoms with Gasteiger partial charge in [0.2, 0.25) is 5.91 Å². The first-order valence-electron chi connectivity index (χ1n) is 9.58. The Balaban J connectivity index is 1.69. The van der Waals surface area contributed by atoms with Crippen molar-refractivity contribution in [2.24, 2.45) is 7.05 Å². The lowest BCUT2D eigenvalue weighted by atomic mass is 10.2. The predicted molar refractivity (Wildman–Crippen MR) is 115 cm³/mol. The molecule has 0 saturated carbocycles. The van der Waals surface area contributed by atoms with Crippen molar-refractivity contribution in [3.63, 3.8) is 0 Å². The molecule has 0 radical (unpaired) electrons. The van der Waals surface area contributed by atoms with Gasteiger partial charge in [-0.1, -0.05) is 16.9 Å². The smallest absolute Gasteiger partial charge is 0.238 e. The van der Waals surface area contributed by atoms with Crippen LogP contribution in [0.5, 0.6) is 0 Å². The highest BCUT2D eigenvalue weighted by Gasteiger charge is 2.20. The zero-order valence-corrected chi connectivity index (χ0v) is 18.2. The Kier molecular flexibility index (Phi) is 6.58. The molecule has 0 bridgehead atoms. The second-order valence-electron chi connectivity index (χ2n) is 6.66. The number of nitrogens with one attached hydrogen (secondary N) is 1. The van der Waals surface area contributed by atoms with Crippen molar-refractivity contribution < 1.29 is 9.32 Å².